The van der Waals surface area contributed by atoms with E-state index in [9.17, 15) is 9.18 Å². The smallest absolute Gasteiger partial charge is 0.275 e. The van der Waals surface area contributed by atoms with E-state index in [1.807, 2.05) is 6.92 Å². The minimum Gasteiger partial charge on any atom is -0.454 e. The Morgan fingerprint density at radius 1 is 1.14 bits per heavy atom. The van der Waals surface area contributed by atoms with Crippen LogP contribution in [0.5, 0.6) is 11.5 Å². The summed E-state index contributed by atoms with van der Waals surface area (Å²) >= 11 is 0. The van der Waals surface area contributed by atoms with E-state index in [1.165, 1.54) is 18.2 Å². The van der Waals surface area contributed by atoms with E-state index in [4.69, 9.17) is 4.74 Å². The molecule has 3 aromatic rings. The SMILES string of the molecule is CCc1cc(Oc2cnc(C3CC3)nc2)cc(C(=O)Nc2ccc(F)cn2)n1. The van der Waals surface area contributed by atoms with Gasteiger partial charge in [0, 0.05) is 23.7 Å². The topological polar surface area (TPSA) is 89.9 Å². The third-order valence-corrected chi connectivity index (χ3v) is 4.24. The molecule has 3 heterocycles. The average Bonchev–Trinajstić information content (AvgIpc) is 3.55. The number of rotatable bonds is 6. The Balaban J connectivity index is 1.52. The van der Waals surface area contributed by atoms with Gasteiger partial charge < -0.3 is 10.1 Å². The molecular formula is C20H18FN5O2. The van der Waals surface area contributed by atoms with Gasteiger partial charge in [-0.15, -0.1) is 0 Å². The van der Waals surface area contributed by atoms with Gasteiger partial charge in [-0.25, -0.2) is 24.3 Å². The van der Waals surface area contributed by atoms with Gasteiger partial charge in [0.1, 0.15) is 28.9 Å². The Kier molecular flexibility index (Phi) is 4.92. The van der Waals surface area contributed by atoms with Crippen LogP contribution in [0.1, 0.15) is 47.7 Å². The number of hydrogen-bond acceptors (Lipinski definition) is 6. The molecule has 142 valence electrons. The van der Waals surface area contributed by atoms with Crippen LogP contribution in [-0.4, -0.2) is 25.8 Å². The van der Waals surface area contributed by atoms with Crippen LogP contribution in [-0.2, 0) is 6.42 Å². The molecule has 1 aliphatic rings. The van der Waals surface area contributed by atoms with Crippen molar-refractivity contribution in [2.75, 3.05) is 5.32 Å². The highest BCUT2D eigenvalue weighted by molar-refractivity contribution is 6.02. The Hall–Kier alpha value is -3.42. The number of carbonyl (C=O) groups excluding carboxylic acids is 1. The first-order valence-electron chi connectivity index (χ1n) is 9.04. The van der Waals surface area contributed by atoms with E-state index in [1.54, 1.807) is 18.5 Å². The molecule has 0 spiro atoms. The molecule has 0 saturated heterocycles. The summed E-state index contributed by atoms with van der Waals surface area (Å²) in [6.45, 7) is 1.93. The fraction of sp³-hybridized carbons (Fsp3) is 0.250. The molecule has 0 bridgehead atoms. The first kappa shape index (κ1) is 18.0. The van der Waals surface area contributed by atoms with E-state index in [0.717, 1.165) is 24.9 Å². The lowest BCUT2D eigenvalue weighted by atomic mass is 10.2. The molecule has 3 aromatic heterocycles. The Morgan fingerprint density at radius 3 is 2.57 bits per heavy atom. The molecular weight excluding hydrogens is 361 g/mol. The number of hydrogen-bond donors (Lipinski definition) is 1. The number of aromatic nitrogens is 4. The van der Waals surface area contributed by atoms with Crippen molar-refractivity contribution in [3.8, 4) is 11.5 Å². The molecule has 0 unspecified atom stereocenters. The molecule has 7 nitrogen and oxygen atoms in total. The van der Waals surface area contributed by atoms with Crippen molar-refractivity contribution < 1.29 is 13.9 Å². The maximum atomic E-state index is 13.0. The summed E-state index contributed by atoms with van der Waals surface area (Å²) in [6.07, 6.45) is 7.19. The molecule has 0 atom stereocenters. The van der Waals surface area contributed by atoms with Crippen LogP contribution in [0.4, 0.5) is 10.2 Å². The normalized spacial score (nSPS) is 13.2. The minimum absolute atomic E-state index is 0.177. The van der Waals surface area contributed by atoms with E-state index < -0.39 is 11.7 Å². The van der Waals surface area contributed by atoms with Crippen LogP contribution < -0.4 is 10.1 Å². The second-order valence-corrected chi connectivity index (χ2v) is 6.50. The maximum Gasteiger partial charge on any atom is 0.275 e. The first-order valence-corrected chi connectivity index (χ1v) is 9.04. The number of carbonyl (C=O) groups is 1. The monoisotopic (exact) mass is 379 g/mol. The Labute approximate surface area is 161 Å². The second kappa shape index (κ2) is 7.67. The van der Waals surface area contributed by atoms with Gasteiger partial charge in [-0.1, -0.05) is 6.92 Å². The van der Waals surface area contributed by atoms with Crippen LogP contribution >= 0.6 is 0 Å². The lowest BCUT2D eigenvalue weighted by molar-refractivity contribution is 0.102. The number of amides is 1. The highest BCUT2D eigenvalue weighted by atomic mass is 19.1. The number of nitrogens with zero attached hydrogens (tertiary/aromatic N) is 4. The van der Waals surface area contributed by atoms with Gasteiger partial charge in [-0.3, -0.25) is 4.79 Å². The van der Waals surface area contributed by atoms with Gasteiger partial charge in [-0.2, -0.15) is 0 Å². The van der Waals surface area contributed by atoms with E-state index in [-0.39, 0.29) is 11.5 Å². The zero-order chi connectivity index (χ0) is 19.5. The number of anilines is 1. The molecule has 1 N–H and O–H groups in total. The van der Waals surface area contributed by atoms with Gasteiger partial charge in [0.05, 0.1) is 18.6 Å². The third kappa shape index (κ3) is 4.28. The van der Waals surface area contributed by atoms with Crippen molar-refractivity contribution >= 4 is 11.7 Å². The first-order chi connectivity index (χ1) is 13.6. The standard InChI is InChI=1S/C20H18FN5O2/c1-2-14-7-15(28-16-10-23-19(24-11-16)12-3-4-12)8-17(25-14)20(27)26-18-6-5-13(21)9-22-18/h5-12H,2-4H2,1H3,(H,22,26,27). The molecule has 28 heavy (non-hydrogen) atoms. The highest BCUT2D eigenvalue weighted by Gasteiger charge is 2.26. The zero-order valence-corrected chi connectivity index (χ0v) is 15.2. The molecule has 8 heteroatoms. The second-order valence-electron chi connectivity index (χ2n) is 6.50. The summed E-state index contributed by atoms with van der Waals surface area (Å²) in [7, 11) is 0. The minimum atomic E-state index is -0.477. The van der Waals surface area contributed by atoms with E-state index in [0.29, 0.717) is 29.5 Å². The molecule has 1 amide bonds. The fourth-order valence-corrected chi connectivity index (χ4v) is 2.61. The lowest BCUT2D eigenvalue weighted by Gasteiger charge is -2.10. The van der Waals surface area contributed by atoms with Crippen molar-refractivity contribution in [3.63, 3.8) is 0 Å². The Bertz CT molecular complexity index is 988. The van der Waals surface area contributed by atoms with Crippen molar-refractivity contribution in [1.29, 1.82) is 0 Å². The van der Waals surface area contributed by atoms with Crippen molar-refractivity contribution in [2.24, 2.45) is 0 Å². The van der Waals surface area contributed by atoms with Gasteiger partial charge in [0.25, 0.3) is 5.91 Å². The number of ether oxygens (including phenoxy) is 1. The van der Waals surface area contributed by atoms with Crippen LogP contribution in [0, 0.1) is 5.82 Å². The van der Waals surface area contributed by atoms with Gasteiger partial charge >= 0.3 is 0 Å². The highest BCUT2D eigenvalue weighted by Crippen LogP contribution is 2.38. The molecule has 1 fully saturated rings. The predicted octanol–water partition coefficient (Wildman–Crippen LogP) is 3.89. The van der Waals surface area contributed by atoms with Gasteiger partial charge in [0.15, 0.2) is 5.75 Å². The molecule has 0 aliphatic heterocycles. The molecule has 0 aromatic carbocycles. The predicted molar refractivity (Wildman–Crippen MR) is 99.8 cm³/mol. The van der Waals surface area contributed by atoms with Gasteiger partial charge in [0.2, 0.25) is 0 Å². The van der Waals surface area contributed by atoms with Crippen LogP contribution in [0.15, 0.2) is 42.9 Å². The average molecular weight is 379 g/mol. The van der Waals surface area contributed by atoms with Crippen molar-refractivity contribution in [2.45, 2.75) is 32.1 Å². The summed E-state index contributed by atoms with van der Waals surface area (Å²) in [5.41, 5.74) is 0.876. The molecule has 4 rings (SSSR count). The van der Waals surface area contributed by atoms with Crippen LogP contribution in [0.3, 0.4) is 0 Å². The molecule has 1 aliphatic carbocycles. The molecule has 1 saturated carbocycles. The number of halogens is 1. The maximum absolute atomic E-state index is 13.0. The van der Waals surface area contributed by atoms with E-state index >= 15 is 0 Å². The zero-order valence-electron chi connectivity index (χ0n) is 15.2. The number of aryl methyl sites for hydroxylation is 1. The van der Waals surface area contributed by atoms with E-state index in [2.05, 4.69) is 25.3 Å². The lowest BCUT2D eigenvalue weighted by Crippen LogP contribution is -2.15. The quantitative estimate of drug-likeness (QED) is 0.699. The molecule has 0 radical (unpaired) electrons. The Morgan fingerprint density at radius 2 is 1.93 bits per heavy atom. The fourth-order valence-electron chi connectivity index (χ4n) is 2.61. The summed E-state index contributed by atoms with van der Waals surface area (Å²) in [4.78, 5) is 29.3. The van der Waals surface area contributed by atoms with Crippen molar-refractivity contribution in [3.05, 3.63) is 65.9 Å². The van der Waals surface area contributed by atoms with Gasteiger partial charge in [-0.05, 0) is 31.4 Å². The van der Waals surface area contributed by atoms with Crippen LogP contribution in [0.25, 0.3) is 0 Å². The van der Waals surface area contributed by atoms with Crippen molar-refractivity contribution in [1.82, 2.24) is 19.9 Å². The number of pyridine rings is 2. The summed E-state index contributed by atoms with van der Waals surface area (Å²) in [5, 5.41) is 2.60. The number of nitrogens with one attached hydrogen (secondary N) is 1. The summed E-state index contributed by atoms with van der Waals surface area (Å²) in [6, 6.07) is 5.90. The summed E-state index contributed by atoms with van der Waals surface area (Å²) < 4.78 is 18.8. The summed E-state index contributed by atoms with van der Waals surface area (Å²) in [5.74, 6) is 1.56. The largest absolute Gasteiger partial charge is 0.454 e. The third-order valence-electron chi connectivity index (χ3n) is 4.24. The van der Waals surface area contributed by atoms with Crippen LogP contribution in [0.2, 0.25) is 0 Å².